The maximum absolute atomic E-state index is 13.4. The van der Waals surface area contributed by atoms with Crippen LogP contribution in [0.3, 0.4) is 0 Å². The number of hydrogen-bond acceptors (Lipinski definition) is 3. The molecule has 2 aromatic rings. The first-order valence-electron chi connectivity index (χ1n) is 6.06. The molecule has 0 bridgehead atoms. The number of nitrogens with one attached hydrogen (secondary N) is 1. The third kappa shape index (κ3) is 3.84. The molecule has 0 aliphatic heterocycles. The van der Waals surface area contributed by atoms with Crippen LogP contribution in [0, 0.1) is 11.6 Å². The summed E-state index contributed by atoms with van der Waals surface area (Å²) in [5.74, 6) is -1.54. The van der Waals surface area contributed by atoms with Gasteiger partial charge in [0.2, 0.25) is 10.0 Å². The molecule has 0 atom stereocenters. The Morgan fingerprint density at radius 3 is 2.52 bits per heavy atom. The van der Waals surface area contributed by atoms with Crippen LogP contribution >= 0.6 is 0 Å². The molecule has 2 aromatic carbocycles. The van der Waals surface area contributed by atoms with Gasteiger partial charge in [-0.05, 0) is 23.8 Å². The average Bonchev–Trinajstić information content (AvgIpc) is 2.46. The van der Waals surface area contributed by atoms with Crippen LogP contribution in [0.15, 0.2) is 47.4 Å². The maximum atomic E-state index is 13.4. The van der Waals surface area contributed by atoms with Gasteiger partial charge in [0.25, 0.3) is 0 Å². The van der Waals surface area contributed by atoms with Crippen molar-refractivity contribution in [3.8, 4) is 0 Å². The lowest BCUT2D eigenvalue weighted by molar-refractivity contribution is 0.281. The van der Waals surface area contributed by atoms with Gasteiger partial charge < -0.3 is 5.11 Å². The molecule has 0 saturated heterocycles. The van der Waals surface area contributed by atoms with E-state index in [2.05, 4.69) is 4.72 Å². The molecule has 0 fully saturated rings. The minimum absolute atomic E-state index is 0.0310. The highest BCUT2D eigenvalue weighted by molar-refractivity contribution is 7.89. The van der Waals surface area contributed by atoms with Crippen LogP contribution in [0.1, 0.15) is 11.1 Å². The van der Waals surface area contributed by atoms with Gasteiger partial charge in [-0.1, -0.05) is 18.2 Å². The minimum Gasteiger partial charge on any atom is -0.392 e. The van der Waals surface area contributed by atoms with Crippen LogP contribution < -0.4 is 4.72 Å². The summed E-state index contributed by atoms with van der Waals surface area (Å²) in [6, 6.07) is 8.69. The number of halogens is 2. The Labute approximate surface area is 121 Å². The molecule has 0 spiro atoms. The van der Waals surface area contributed by atoms with Crippen molar-refractivity contribution in [1.29, 1.82) is 0 Å². The fourth-order valence-corrected chi connectivity index (χ4v) is 2.81. The molecule has 7 heteroatoms. The summed E-state index contributed by atoms with van der Waals surface area (Å²) in [6.07, 6.45) is 0. The largest absolute Gasteiger partial charge is 0.392 e. The van der Waals surface area contributed by atoms with Gasteiger partial charge in [0.1, 0.15) is 11.6 Å². The molecule has 0 aliphatic rings. The zero-order chi connectivity index (χ0) is 15.5. The number of aliphatic hydroxyl groups excluding tert-OH is 1. The van der Waals surface area contributed by atoms with Gasteiger partial charge in [0.05, 0.1) is 11.5 Å². The number of rotatable bonds is 5. The van der Waals surface area contributed by atoms with Crippen molar-refractivity contribution in [2.24, 2.45) is 0 Å². The quantitative estimate of drug-likeness (QED) is 0.886. The lowest BCUT2D eigenvalue weighted by atomic mass is 10.2. The SMILES string of the molecule is O=S(=O)(NCc1ccc(F)cc1F)c1cccc(CO)c1. The second-order valence-corrected chi connectivity index (χ2v) is 6.13. The van der Waals surface area contributed by atoms with Crippen molar-refractivity contribution in [3.05, 3.63) is 65.2 Å². The van der Waals surface area contributed by atoms with Crippen LogP contribution in [0.2, 0.25) is 0 Å². The highest BCUT2D eigenvalue weighted by Gasteiger charge is 2.15. The van der Waals surface area contributed by atoms with Crippen molar-refractivity contribution < 1.29 is 22.3 Å². The molecule has 21 heavy (non-hydrogen) atoms. The molecule has 0 heterocycles. The Bertz CT molecular complexity index is 748. The molecule has 0 radical (unpaired) electrons. The van der Waals surface area contributed by atoms with Crippen LogP contribution in [0.4, 0.5) is 8.78 Å². The van der Waals surface area contributed by atoms with Crippen molar-refractivity contribution in [2.75, 3.05) is 0 Å². The van der Waals surface area contributed by atoms with Crippen molar-refractivity contribution in [1.82, 2.24) is 4.72 Å². The van der Waals surface area contributed by atoms with Crippen molar-refractivity contribution >= 4 is 10.0 Å². The standard InChI is InChI=1S/C14H13F2NO3S/c15-12-5-4-11(14(16)7-12)8-17-21(19,20)13-3-1-2-10(6-13)9-18/h1-7,17-18H,8-9H2. The fourth-order valence-electron chi connectivity index (χ4n) is 1.73. The first kappa shape index (κ1) is 15.6. The van der Waals surface area contributed by atoms with Gasteiger partial charge in [-0.2, -0.15) is 0 Å². The molecule has 112 valence electrons. The number of benzene rings is 2. The summed E-state index contributed by atoms with van der Waals surface area (Å²) in [7, 11) is -3.84. The predicted molar refractivity (Wildman–Crippen MR) is 72.7 cm³/mol. The van der Waals surface area contributed by atoms with Crippen LogP contribution in [0.25, 0.3) is 0 Å². The normalized spacial score (nSPS) is 11.6. The van der Waals surface area contributed by atoms with E-state index in [4.69, 9.17) is 5.11 Å². The molecule has 0 aliphatic carbocycles. The highest BCUT2D eigenvalue weighted by atomic mass is 32.2. The Kier molecular flexibility index (Phi) is 4.66. The van der Waals surface area contributed by atoms with Crippen molar-refractivity contribution in [2.45, 2.75) is 18.0 Å². The second kappa shape index (κ2) is 6.30. The van der Waals surface area contributed by atoms with E-state index in [1.165, 1.54) is 24.3 Å². The van der Waals surface area contributed by atoms with E-state index < -0.39 is 21.7 Å². The Morgan fingerprint density at radius 1 is 1.10 bits per heavy atom. The van der Waals surface area contributed by atoms with Gasteiger partial charge in [0, 0.05) is 18.2 Å². The van der Waals surface area contributed by atoms with E-state index in [9.17, 15) is 17.2 Å². The second-order valence-electron chi connectivity index (χ2n) is 4.37. The summed E-state index contributed by atoms with van der Waals surface area (Å²) in [6.45, 7) is -0.576. The zero-order valence-corrected chi connectivity index (χ0v) is 11.7. The molecule has 2 rings (SSSR count). The molecular weight excluding hydrogens is 300 g/mol. The Hall–Kier alpha value is -1.83. The monoisotopic (exact) mass is 313 g/mol. The first-order chi connectivity index (χ1) is 9.92. The van der Waals surface area contributed by atoms with E-state index in [0.29, 0.717) is 11.6 Å². The number of hydrogen-bond donors (Lipinski definition) is 2. The number of aliphatic hydroxyl groups is 1. The van der Waals surface area contributed by atoms with Crippen molar-refractivity contribution in [3.63, 3.8) is 0 Å². The maximum Gasteiger partial charge on any atom is 0.240 e. The van der Waals surface area contributed by atoms with Gasteiger partial charge in [0.15, 0.2) is 0 Å². The van der Waals surface area contributed by atoms with E-state index in [1.54, 1.807) is 6.07 Å². The summed E-state index contributed by atoms with van der Waals surface area (Å²) in [5.41, 5.74) is 0.490. The third-order valence-electron chi connectivity index (χ3n) is 2.86. The van der Waals surface area contributed by atoms with Gasteiger partial charge in [-0.25, -0.2) is 21.9 Å². The fraction of sp³-hybridized carbons (Fsp3) is 0.143. The smallest absolute Gasteiger partial charge is 0.240 e. The molecule has 2 N–H and O–H groups in total. The van der Waals surface area contributed by atoms with Gasteiger partial charge in [-0.3, -0.25) is 0 Å². The minimum atomic E-state index is -3.84. The molecule has 0 saturated carbocycles. The van der Waals surface area contributed by atoms with E-state index in [0.717, 1.165) is 6.07 Å². The summed E-state index contributed by atoms with van der Waals surface area (Å²) in [5, 5.41) is 9.00. The summed E-state index contributed by atoms with van der Waals surface area (Å²) >= 11 is 0. The average molecular weight is 313 g/mol. The zero-order valence-electron chi connectivity index (χ0n) is 10.9. The molecule has 0 amide bonds. The van der Waals surface area contributed by atoms with E-state index in [1.807, 2.05) is 0 Å². The predicted octanol–water partition coefficient (Wildman–Crippen LogP) is 1.94. The lowest BCUT2D eigenvalue weighted by Crippen LogP contribution is -2.23. The third-order valence-corrected chi connectivity index (χ3v) is 4.26. The molecule has 4 nitrogen and oxygen atoms in total. The number of sulfonamides is 1. The molecular formula is C14H13F2NO3S. The lowest BCUT2D eigenvalue weighted by Gasteiger charge is -2.08. The van der Waals surface area contributed by atoms with Crippen LogP contribution in [0.5, 0.6) is 0 Å². The van der Waals surface area contributed by atoms with Gasteiger partial charge >= 0.3 is 0 Å². The van der Waals surface area contributed by atoms with E-state index >= 15 is 0 Å². The van der Waals surface area contributed by atoms with Crippen LogP contribution in [-0.2, 0) is 23.2 Å². The summed E-state index contributed by atoms with van der Waals surface area (Å²) < 4.78 is 52.6. The topological polar surface area (TPSA) is 66.4 Å². The summed E-state index contributed by atoms with van der Waals surface area (Å²) in [4.78, 5) is -0.0310. The van der Waals surface area contributed by atoms with E-state index in [-0.39, 0.29) is 23.6 Å². The highest BCUT2D eigenvalue weighted by Crippen LogP contribution is 2.14. The Morgan fingerprint density at radius 2 is 1.86 bits per heavy atom. The van der Waals surface area contributed by atoms with Gasteiger partial charge in [-0.15, -0.1) is 0 Å². The van der Waals surface area contributed by atoms with Crippen LogP contribution in [-0.4, -0.2) is 13.5 Å². The Balaban J connectivity index is 2.17. The molecule has 0 unspecified atom stereocenters. The molecule has 0 aromatic heterocycles. The first-order valence-corrected chi connectivity index (χ1v) is 7.54.